The molecule has 0 amide bonds. The number of Topliss-reactive ketones (excluding diaryl/α,β-unsaturated/α-hetero) is 1. The molecule has 4 nitrogen and oxygen atoms in total. The highest BCUT2D eigenvalue weighted by Gasteiger charge is 2.22. The molecule has 0 aliphatic rings. The number of aliphatic carboxylic acids is 1. The van der Waals surface area contributed by atoms with Gasteiger partial charge in [-0.2, -0.15) is 0 Å². The number of hydrogen-bond donors (Lipinski definition) is 1. The standard InChI is InChI=1S/C18H21NO3S/c1-12(2)8-14(18(21)22)9-16(20)10-15-11-23-17(19-15)13-6-4-3-5-7-13/h3-7,11-12,14H,8-10H2,1-2H3,(H,21,22)/t14-/m0/s1. The predicted molar refractivity (Wildman–Crippen MR) is 91.5 cm³/mol. The average Bonchev–Trinajstić information content (AvgIpc) is 2.95. The number of carboxylic acids is 1. The van der Waals surface area contributed by atoms with E-state index in [0.29, 0.717) is 12.1 Å². The van der Waals surface area contributed by atoms with E-state index < -0.39 is 11.9 Å². The molecule has 0 bridgehead atoms. The summed E-state index contributed by atoms with van der Waals surface area (Å²) in [4.78, 5) is 27.9. The lowest BCUT2D eigenvalue weighted by atomic mass is 9.91. The maximum absolute atomic E-state index is 12.2. The number of rotatable bonds is 8. The molecule has 0 spiro atoms. The normalized spacial score (nSPS) is 12.3. The number of carboxylic acid groups (broad SMARTS) is 1. The SMILES string of the molecule is CC(C)C[C@@H](CC(=O)Cc1csc(-c2ccccc2)n1)C(=O)O. The molecule has 1 aromatic heterocycles. The van der Waals surface area contributed by atoms with Crippen molar-refractivity contribution in [1.82, 2.24) is 4.98 Å². The third-order valence-corrected chi connectivity index (χ3v) is 4.47. The second-order valence-electron chi connectivity index (χ2n) is 6.09. The van der Waals surface area contributed by atoms with E-state index in [-0.39, 0.29) is 24.5 Å². The van der Waals surface area contributed by atoms with Crippen LogP contribution >= 0.6 is 11.3 Å². The minimum absolute atomic E-state index is 0.0667. The van der Waals surface area contributed by atoms with E-state index in [9.17, 15) is 14.7 Å². The zero-order valence-corrected chi connectivity index (χ0v) is 14.2. The first kappa shape index (κ1) is 17.3. The van der Waals surface area contributed by atoms with Crippen LogP contribution in [0.25, 0.3) is 10.6 Å². The van der Waals surface area contributed by atoms with E-state index in [1.54, 1.807) is 0 Å². The van der Waals surface area contributed by atoms with Crippen LogP contribution in [-0.4, -0.2) is 21.8 Å². The van der Waals surface area contributed by atoms with Crippen molar-refractivity contribution in [3.8, 4) is 10.6 Å². The van der Waals surface area contributed by atoms with Gasteiger partial charge in [-0.25, -0.2) is 4.98 Å². The molecule has 122 valence electrons. The second-order valence-corrected chi connectivity index (χ2v) is 6.95. The largest absolute Gasteiger partial charge is 0.481 e. The zero-order valence-electron chi connectivity index (χ0n) is 13.4. The van der Waals surface area contributed by atoms with Crippen LogP contribution in [0.5, 0.6) is 0 Å². The van der Waals surface area contributed by atoms with Crippen molar-refractivity contribution in [2.75, 3.05) is 0 Å². The Balaban J connectivity index is 1.98. The van der Waals surface area contributed by atoms with Gasteiger partial charge in [0.1, 0.15) is 10.8 Å². The summed E-state index contributed by atoms with van der Waals surface area (Å²) in [5, 5.41) is 12.0. The predicted octanol–water partition coefficient (Wildman–Crippen LogP) is 4.06. The van der Waals surface area contributed by atoms with Gasteiger partial charge in [-0.3, -0.25) is 9.59 Å². The van der Waals surface area contributed by atoms with Crippen LogP contribution in [0.4, 0.5) is 0 Å². The summed E-state index contributed by atoms with van der Waals surface area (Å²) in [6.07, 6.45) is 0.796. The first-order valence-electron chi connectivity index (χ1n) is 7.70. The van der Waals surface area contributed by atoms with E-state index in [1.165, 1.54) is 11.3 Å². The molecule has 0 aliphatic carbocycles. The Morgan fingerprint density at radius 1 is 1.22 bits per heavy atom. The van der Waals surface area contributed by atoms with E-state index in [1.807, 2.05) is 49.6 Å². The van der Waals surface area contributed by atoms with Gasteiger partial charge in [0.2, 0.25) is 0 Å². The van der Waals surface area contributed by atoms with Gasteiger partial charge >= 0.3 is 5.97 Å². The van der Waals surface area contributed by atoms with E-state index in [4.69, 9.17) is 0 Å². The van der Waals surface area contributed by atoms with Crippen molar-refractivity contribution in [2.24, 2.45) is 11.8 Å². The quantitative estimate of drug-likeness (QED) is 0.792. The van der Waals surface area contributed by atoms with Gasteiger partial charge in [0.15, 0.2) is 0 Å². The van der Waals surface area contributed by atoms with Gasteiger partial charge < -0.3 is 5.11 Å². The fourth-order valence-corrected chi connectivity index (χ4v) is 3.32. The number of nitrogens with zero attached hydrogens (tertiary/aromatic N) is 1. The van der Waals surface area contributed by atoms with Crippen molar-refractivity contribution in [2.45, 2.75) is 33.1 Å². The molecule has 2 rings (SSSR count). The molecule has 5 heteroatoms. The average molecular weight is 331 g/mol. The Morgan fingerprint density at radius 3 is 2.52 bits per heavy atom. The van der Waals surface area contributed by atoms with Crippen molar-refractivity contribution in [3.05, 3.63) is 41.4 Å². The van der Waals surface area contributed by atoms with Crippen LogP contribution in [-0.2, 0) is 16.0 Å². The number of carbonyl (C=O) groups excluding carboxylic acids is 1. The van der Waals surface area contributed by atoms with Crippen LogP contribution in [0.3, 0.4) is 0 Å². The number of hydrogen-bond acceptors (Lipinski definition) is 4. The van der Waals surface area contributed by atoms with Gasteiger partial charge in [-0.1, -0.05) is 44.2 Å². The van der Waals surface area contributed by atoms with Gasteiger partial charge in [-0.05, 0) is 12.3 Å². The fraction of sp³-hybridized carbons (Fsp3) is 0.389. The molecule has 23 heavy (non-hydrogen) atoms. The highest BCUT2D eigenvalue weighted by atomic mass is 32.1. The molecule has 2 aromatic rings. The maximum atomic E-state index is 12.2. The zero-order chi connectivity index (χ0) is 16.8. The lowest BCUT2D eigenvalue weighted by molar-refractivity contribution is -0.144. The second kappa shape index (κ2) is 8.02. The maximum Gasteiger partial charge on any atom is 0.306 e. The summed E-state index contributed by atoms with van der Waals surface area (Å²) in [5.74, 6) is -1.30. The molecule has 1 atom stereocenters. The first-order chi connectivity index (χ1) is 11.0. The Kier molecular flexibility index (Phi) is 6.04. The molecule has 0 saturated carbocycles. The minimum Gasteiger partial charge on any atom is -0.481 e. The monoisotopic (exact) mass is 331 g/mol. The smallest absolute Gasteiger partial charge is 0.306 e. The van der Waals surface area contributed by atoms with Gasteiger partial charge in [-0.15, -0.1) is 11.3 Å². The topological polar surface area (TPSA) is 67.3 Å². The summed E-state index contributed by atoms with van der Waals surface area (Å²) in [6, 6.07) is 9.80. The molecular weight excluding hydrogens is 310 g/mol. The summed E-state index contributed by atoms with van der Waals surface area (Å²) in [7, 11) is 0. The molecule has 0 fully saturated rings. The summed E-state index contributed by atoms with van der Waals surface area (Å²) >= 11 is 1.50. The third kappa shape index (κ3) is 5.28. The van der Waals surface area contributed by atoms with E-state index >= 15 is 0 Å². The van der Waals surface area contributed by atoms with Crippen molar-refractivity contribution < 1.29 is 14.7 Å². The highest BCUT2D eigenvalue weighted by molar-refractivity contribution is 7.13. The van der Waals surface area contributed by atoms with Crippen LogP contribution in [0.1, 0.15) is 32.4 Å². The molecule has 0 aliphatic heterocycles. The Morgan fingerprint density at radius 2 is 1.91 bits per heavy atom. The molecule has 0 saturated heterocycles. The van der Waals surface area contributed by atoms with Gasteiger partial charge in [0, 0.05) is 23.8 Å². The molecule has 0 radical (unpaired) electrons. The van der Waals surface area contributed by atoms with Gasteiger partial charge in [0.25, 0.3) is 0 Å². The summed E-state index contributed by atoms with van der Waals surface area (Å²) in [5.41, 5.74) is 1.74. The van der Waals surface area contributed by atoms with Crippen LogP contribution in [0.2, 0.25) is 0 Å². The number of ketones is 1. The minimum atomic E-state index is -0.893. The van der Waals surface area contributed by atoms with Crippen molar-refractivity contribution in [3.63, 3.8) is 0 Å². The van der Waals surface area contributed by atoms with Crippen LogP contribution in [0.15, 0.2) is 35.7 Å². The van der Waals surface area contributed by atoms with Crippen molar-refractivity contribution >= 4 is 23.1 Å². The lowest BCUT2D eigenvalue weighted by Crippen LogP contribution is -2.20. The van der Waals surface area contributed by atoms with Crippen LogP contribution in [0, 0.1) is 11.8 Å². The Bertz CT molecular complexity index is 664. The summed E-state index contributed by atoms with van der Waals surface area (Å²) in [6.45, 7) is 3.93. The Labute approximate surface area is 140 Å². The van der Waals surface area contributed by atoms with E-state index in [0.717, 1.165) is 10.6 Å². The molecule has 1 aromatic carbocycles. The first-order valence-corrected chi connectivity index (χ1v) is 8.58. The number of aromatic nitrogens is 1. The molecule has 1 heterocycles. The Hall–Kier alpha value is -2.01. The molecule has 1 N–H and O–H groups in total. The van der Waals surface area contributed by atoms with Crippen molar-refractivity contribution in [1.29, 1.82) is 0 Å². The summed E-state index contributed by atoms with van der Waals surface area (Å²) < 4.78 is 0. The molecular formula is C18H21NO3S. The number of thiazole rings is 1. The van der Waals surface area contributed by atoms with Crippen LogP contribution < -0.4 is 0 Å². The number of benzene rings is 1. The third-order valence-electron chi connectivity index (χ3n) is 3.53. The lowest BCUT2D eigenvalue weighted by Gasteiger charge is -2.13. The molecule has 0 unspecified atom stereocenters. The number of carbonyl (C=O) groups is 2. The van der Waals surface area contributed by atoms with E-state index in [2.05, 4.69) is 4.98 Å². The fourth-order valence-electron chi connectivity index (χ4n) is 2.49. The van der Waals surface area contributed by atoms with Gasteiger partial charge in [0.05, 0.1) is 11.6 Å². The highest BCUT2D eigenvalue weighted by Crippen LogP contribution is 2.24.